The van der Waals surface area contributed by atoms with E-state index in [-0.39, 0.29) is 17.8 Å². The van der Waals surface area contributed by atoms with Gasteiger partial charge in [0.25, 0.3) is 0 Å². The predicted octanol–water partition coefficient (Wildman–Crippen LogP) is 2.12. The number of benzene rings is 1. The van der Waals surface area contributed by atoms with Crippen LogP contribution < -0.4 is 14.8 Å². The largest absolute Gasteiger partial charge is 0.486 e. The van der Waals surface area contributed by atoms with Gasteiger partial charge in [-0.2, -0.15) is 0 Å². The topological polar surface area (TPSA) is 91.4 Å². The molecule has 1 aromatic carbocycles. The summed E-state index contributed by atoms with van der Waals surface area (Å²) >= 11 is 1.31. The molecule has 4 rings (SSSR count). The van der Waals surface area contributed by atoms with Gasteiger partial charge in [0.2, 0.25) is 5.91 Å². The number of fused-ring (bicyclic) bond motifs is 1. The molecule has 0 spiro atoms. The fraction of sp³-hybridized carbons (Fsp3) is 0.278. The summed E-state index contributed by atoms with van der Waals surface area (Å²) in [4.78, 5) is 12.1. The van der Waals surface area contributed by atoms with Gasteiger partial charge in [-0.1, -0.05) is 23.9 Å². The molecule has 140 valence electrons. The van der Waals surface area contributed by atoms with Crippen molar-refractivity contribution in [3.63, 3.8) is 0 Å². The highest BCUT2D eigenvalue weighted by Gasteiger charge is 2.21. The first-order valence-corrected chi connectivity index (χ1v) is 9.40. The Morgan fingerprint density at radius 1 is 1.26 bits per heavy atom. The van der Waals surface area contributed by atoms with Crippen LogP contribution in [-0.4, -0.2) is 45.7 Å². The monoisotopic (exact) mass is 386 g/mol. The summed E-state index contributed by atoms with van der Waals surface area (Å²) in [7, 11) is 1.84. The van der Waals surface area contributed by atoms with Gasteiger partial charge >= 0.3 is 0 Å². The molecule has 0 saturated heterocycles. The number of hydrogen-bond donors (Lipinski definition) is 1. The lowest BCUT2D eigenvalue weighted by Gasteiger charge is -2.26. The predicted molar refractivity (Wildman–Crippen MR) is 98.8 cm³/mol. The van der Waals surface area contributed by atoms with Crippen LogP contribution in [0.5, 0.6) is 11.5 Å². The van der Waals surface area contributed by atoms with Crippen molar-refractivity contribution in [1.82, 2.24) is 20.1 Å². The fourth-order valence-corrected chi connectivity index (χ4v) is 3.37. The lowest BCUT2D eigenvalue weighted by Crippen LogP contribution is -2.41. The third-order valence-corrected chi connectivity index (χ3v) is 5.02. The standard InChI is InChI=1S/C18H18N4O4S/c1-22-17(15-7-4-8-24-15)20-21-18(22)27-11-16(23)19-9-12-10-25-13-5-2-3-6-14(13)26-12/h2-8,12H,9-11H2,1H3,(H,19,23). The van der Waals surface area contributed by atoms with Gasteiger partial charge in [-0.05, 0) is 24.3 Å². The minimum atomic E-state index is -0.214. The second kappa shape index (κ2) is 7.75. The maximum atomic E-state index is 12.1. The number of carbonyl (C=O) groups is 1. The molecule has 1 N–H and O–H groups in total. The highest BCUT2D eigenvalue weighted by molar-refractivity contribution is 7.99. The van der Waals surface area contributed by atoms with Crippen molar-refractivity contribution in [3.05, 3.63) is 42.7 Å². The summed E-state index contributed by atoms with van der Waals surface area (Å²) in [5.74, 6) is 2.80. The molecule has 0 radical (unpaired) electrons. The second-order valence-electron chi connectivity index (χ2n) is 5.93. The lowest BCUT2D eigenvalue weighted by atomic mass is 10.2. The second-order valence-corrected chi connectivity index (χ2v) is 6.88. The van der Waals surface area contributed by atoms with Gasteiger partial charge in [0.05, 0.1) is 18.6 Å². The summed E-state index contributed by atoms with van der Waals surface area (Å²) in [6.45, 7) is 0.782. The Balaban J connectivity index is 1.26. The summed E-state index contributed by atoms with van der Waals surface area (Å²) < 4.78 is 18.6. The SMILES string of the molecule is Cn1c(SCC(=O)NCC2COc3ccccc3O2)nnc1-c1ccco1. The number of carbonyl (C=O) groups excluding carboxylic acids is 1. The maximum absolute atomic E-state index is 12.1. The number of rotatable bonds is 6. The average molecular weight is 386 g/mol. The zero-order chi connectivity index (χ0) is 18.6. The van der Waals surface area contributed by atoms with Gasteiger partial charge < -0.3 is 23.8 Å². The van der Waals surface area contributed by atoms with Crippen LogP contribution in [-0.2, 0) is 11.8 Å². The number of ether oxygens (including phenoxy) is 2. The molecule has 1 aliphatic rings. The van der Waals surface area contributed by atoms with Crippen molar-refractivity contribution in [3.8, 4) is 23.1 Å². The summed E-state index contributed by atoms with van der Waals surface area (Å²) in [6.07, 6.45) is 1.37. The molecule has 0 bridgehead atoms. The van der Waals surface area contributed by atoms with Gasteiger partial charge in [0.15, 0.2) is 28.2 Å². The average Bonchev–Trinajstić information content (AvgIpc) is 3.34. The Bertz CT molecular complexity index is 925. The number of para-hydroxylation sites is 2. The van der Waals surface area contributed by atoms with Gasteiger partial charge in [-0.3, -0.25) is 4.79 Å². The van der Waals surface area contributed by atoms with Crippen LogP contribution in [0.1, 0.15) is 0 Å². The van der Waals surface area contributed by atoms with E-state index >= 15 is 0 Å². The Morgan fingerprint density at radius 3 is 2.93 bits per heavy atom. The molecule has 27 heavy (non-hydrogen) atoms. The number of furan rings is 1. The van der Waals surface area contributed by atoms with E-state index < -0.39 is 0 Å². The molecular formula is C18H18N4O4S. The third-order valence-electron chi connectivity index (χ3n) is 4.00. The first-order chi connectivity index (χ1) is 13.2. The highest BCUT2D eigenvalue weighted by Crippen LogP contribution is 2.30. The molecule has 0 saturated carbocycles. The van der Waals surface area contributed by atoms with Gasteiger partial charge in [0.1, 0.15) is 12.7 Å². The van der Waals surface area contributed by atoms with Crippen LogP contribution in [0.15, 0.2) is 52.2 Å². The number of aromatic nitrogens is 3. The number of nitrogens with one attached hydrogen (secondary N) is 1. The Labute approximate surface area is 159 Å². The summed E-state index contributed by atoms with van der Waals surface area (Å²) in [5, 5.41) is 11.7. The summed E-state index contributed by atoms with van der Waals surface area (Å²) in [5.41, 5.74) is 0. The van der Waals surface area contributed by atoms with E-state index in [2.05, 4.69) is 15.5 Å². The van der Waals surface area contributed by atoms with Gasteiger partial charge in [0, 0.05) is 7.05 Å². The van der Waals surface area contributed by atoms with Crippen LogP contribution in [0, 0.1) is 0 Å². The van der Waals surface area contributed by atoms with E-state index in [1.807, 2.05) is 37.4 Å². The van der Waals surface area contributed by atoms with Gasteiger partial charge in [-0.15, -0.1) is 10.2 Å². The van der Waals surface area contributed by atoms with E-state index in [1.54, 1.807) is 16.9 Å². The lowest BCUT2D eigenvalue weighted by molar-refractivity contribution is -0.119. The minimum absolute atomic E-state index is 0.106. The number of nitrogens with zero attached hydrogens (tertiary/aromatic N) is 3. The van der Waals surface area contributed by atoms with Crippen LogP contribution in [0.4, 0.5) is 0 Å². The fourth-order valence-electron chi connectivity index (χ4n) is 2.63. The normalized spacial score (nSPS) is 15.5. The molecule has 0 fully saturated rings. The van der Waals surface area contributed by atoms with Crippen molar-refractivity contribution in [1.29, 1.82) is 0 Å². The van der Waals surface area contributed by atoms with Crippen LogP contribution >= 0.6 is 11.8 Å². The molecule has 3 heterocycles. The van der Waals surface area contributed by atoms with Crippen molar-refractivity contribution in [2.45, 2.75) is 11.3 Å². The van der Waals surface area contributed by atoms with Crippen molar-refractivity contribution in [2.24, 2.45) is 7.05 Å². The minimum Gasteiger partial charge on any atom is -0.486 e. The molecule has 8 nitrogen and oxygen atoms in total. The smallest absolute Gasteiger partial charge is 0.230 e. The Kier molecular flexibility index (Phi) is 5.01. The Morgan fingerprint density at radius 2 is 2.11 bits per heavy atom. The summed E-state index contributed by atoms with van der Waals surface area (Å²) in [6, 6.07) is 11.1. The molecule has 3 aromatic rings. The molecular weight excluding hydrogens is 368 g/mol. The maximum Gasteiger partial charge on any atom is 0.230 e. The third kappa shape index (κ3) is 3.92. The van der Waals surface area contributed by atoms with Gasteiger partial charge in [-0.25, -0.2) is 0 Å². The first-order valence-electron chi connectivity index (χ1n) is 8.42. The van der Waals surface area contributed by atoms with E-state index in [1.165, 1.54) is 11.8 Å². The van der Waals surface area contributed by atoms with E-state index in [9.17, 15) is 4.79 Å². The van der Waals surface area contributed by atoms with Crippen LogP contribution in [0.2, 0.25) is 0 Å². The first kappa shape index (κ1) is 17.5. The molecule has 0 aliphatic carbocycles. The molecule has 1 unspecified atom stereocenters. The van der Waals surface area contributed by atoms with Crippen molar-refractivity contribution in [2.75, 3.05) is 18.9 Å². The van der Waals surface area contributed by atoms with Crippen LogP contribution in [0.3, 0.4) is 0 Å². The van der Waals surface area contributed by atoms with E-state index in [4.69, 9.17) is 13.9 Å². The number of hydrogen-bond acceptors (Lipinski definition) is 7. The quantitative estimate of drug-likeness (QED) is 0.649. The number of amides is 1. The molecule has 1 amide bonds. The van der Waals surface area contributed by atoms with E-state index in [0.717, 1.165) is 5.75 Å². The highest BCUT2D eigenvalue weighted by atomic mass is 32.2. The molecule has 9 heteroatoms. The number of thioether (sulfide) groups is 1. The van der Waals surface area contributed by atoms with Crippen LogP contribution in [0.25, 0.3) is 11.6 Å². The molecule has 1 atom stereocenters. The molecule has 2 aromatic heterocycles. The van der Waals surface area contributed by atoms with E-state index in [0.29, 0.717) is 35.6 Å². The van der Waals surface area contributed by atoms with Crippen molar-refractivity contribution >= 4 is 17.7 Å². The van der Waals surface area contributed by atoms with Crippen molar-refractivity contribution < 1.29 is 18.7 Å². The zero-order valence-corrected chi connectivity index (χ0v) is 15.4. The Hall–Kier alpha value is -2.94. The molecule has 1 aliphatic heterocycles. The zero-order valence-electron chi connectivity index (χ0n) is 14.6.